The fourth-order valence-corrected chi connectivity index (χ4v) is 5.39. The first-order valence-electron chi connectivity index (χ1n) is 13.4. The average molecular weight is 471 g/mol. The zero-order valence-corrected chi connectivity index (χ0v) is 23.2. The molecule has 2 atom stereocenters. The fourth-order valence-electron chi connectivity index (χ4n) is 5.39. The number of piperidine rings is 2. The summed E-state index contributed by atoms with van der Waals surface area (Å²) in [4.78, 5) is 13.8. The molecule has 4 rings (SSSR count). The summed E-state index contributed by atoms with van der Waals surface area (Å²) in [6, 6.07) is 0. The van der Waals surface area contributed by atoms with E-state index in [1.807, 2.05) is 12.7 Å². The van der Waals surface area contributed by atoms with Crippen LogP contribution < -0.4 is 0 Å². The largest absolute Gasteiger partial charge is 0.337 e. The second-order valence-corrected chi connectivity index (χ2v) is 12.7. The molecular weight excluding hydrogens is 420 g/mol. The molecule has 4 heterocycles. The molecule has 0 aromatic carbocycles. The van der Waals surface area contributed by atoms with Gasteiger partial charge in [-0.2, -0.15) is 0 Å². The minimum Gasteiger partial charge on any atom is -0.337 e. The van der Waals surface area contributed by atoms with Crippen LogP contribution in [0, 0.1) is 25.7 Å². The first kappa shape index (κ1) is 26.9. The lowest BCUT2D eigenvalue weighted by atomic mass is 9.93. The Morgan fingerprint density at radius 2 is 1.09 bits per heavy atom. The Morgan fingerprint density at radius 1 is 0.706 bits per heavy atom. The number of nitrogens with zero attached hydrogens (tertiary/aromatic N) is 6. The summed E-state index contributed by atoms with van der Waals surface area (Å²) in [5.41, 5.74) is 2.86. The smallest absolute Gasteiger partial charge is 0.0949 e. The molecule has 34 heavy (non-hydrogen) atoms. The molecule has 2 saturated heterocycles. The van der Waals surface area contributed by atoms with Gasteiger partial charge in [0.15, 0.2) is 0 Å². The number of rotatable bonds is 4. The van der Waals surface area contributed by atoms with Crippen LogP contribution in [-0.2, 0) is 13.1 Å². The molecule has 2 aromatic heterocycles. The summed E-state index contributed by atoms with van der Waals surface area (Å²) in [6.45, 7) is 25.2. The SMILES string of the molecule is Cc1cn(C[C@H]2CCCN(C(C)(C)C)C2)cn1.Cc1cn(C[C@H]2CCCN(C(C)(C)C)C2)cn1. The fraction of sp³-hybridized carbons (Fsp3) is 0.786. The van der Waals surface area contributed by atoms with Crippen LogP contribution in [0.4, 0.5) is 0 Å². The van der Waals surface area contributed by atoms with Gasteiger partial charge in [0.25, 0.3) is 0 Å². The number of imidazole rings is 2. The molecule has 2 aromatic rings. The molecule has 2 fully saturated rings. The van der Waals surface area contributed by atoms with Crippen molar-refractivity contribution in [2.24, 2.45) is 11.8 Å². The van der Waals surface area contributed by atoms with E-state index in [0.717, 1.165) is 36.3 Å². The van der Waals surface area contributed by atoms with Gasteiger partial charge in [-0.3, -0.25) is 9.80 Å². The van der Waals surface area contributed by atoms with E-state index < -0.39 is 0 Å². The van der Waals surface area contributed by atoms with Gasteiger partial charge in [-0.05, 0) is 106 Å². The van der Waals surface area contributed by atoms with Crippen LogP contribution in [0.15, 0.2) is 25.0 Å². The predicted molar refractivity (Wildman–Crippen MR) is 142 cm³/mol. The van der Waals surface area contributed by atoms with Crippen LogP contribution in [0.5, 0.6) is 0 Å². The molecular formula is C28H50N6. The quantitative estimate of drug-likeness (QED) is 0.600. The van der Waals surface area contributed by atoms with Crippen molar-refractivity contribution in [1.82, 2.24) is 28.9 Å². The Morgan fingerprint density at radius 3 is 1.38 bits per heavy atom. The van der Waals surface area contributed by atoms with Crippen LogP contribution in [-0.4, -0.2) is 66.2 Å². The monoisotopic (exact) mass is 470 g/mol. The molecule has 0 N–H and O–H groups in total. The summed E-state index contributed by atoms with van der Waals surface area (Å²) >= 11 is 0. The average Bonchev–Trinajstić information content (AvgIpc) is 3.35. The van der Waals surface area contributed by atoms with Crippen molar-refractivity contribution in [3.63, 3.8) is 0 Å². The van der Waals surface area contributed by atoms with E-state index in [0.29, 0.717) is 11.1 Å². The van der Waals surface area contributed by atoms with Gasteiger partial charge in [-0.25, -0.2) is 9.97 Å². The molecule has 6 heteroatoms. The van der Waals surface area contributed by atoms with E-state index >= 15 is 0 Å². The standard InChI is InChI=1S/2C14H25N3/c2*1-12-8-16(11-15-12)9-13-6-5-7-17(10-13)14(2,3)4/h2*8,11,13H,5-7,9-10H2,1-4H3/t2*13-/m11/s1. The molecule has 0 amide bonds. The van der Waals surface area contributed by atoms with Crippen LogP contribution in [0.25, 0.3) is 0 Å². The molecule has 0 bridgehead atoms. The van der Waals surface area contributed by atoms with Gasteiger partial charge < -0.3 is 9.13 Å². The third-order valence-corrected chi connectivity index (χ3v) is 7.40. The predicted octanol–water partition coefficient (Wildman–Crippen LogP) is 5.40. The van der Waals surface area contributed by atoms with E-state index in [9.17, 15) is 0 Å². The summed E-state index contributed by atoms with van der Waals surface area (Å²) in [7, 11) is 0. The molecule has 2 aliphatic heterocycles. The molecule has 0 saturated carbocycles. The number of hydrogen-bond acceptors (Lipinski definition) is 4. The first-order chi connectivity index (χ1) is 15.9. The number of aromatic nitrogens is 4. The minimum absolute atomic E-state index is 0.309. The Hall–Kier alpha value is -1.66. The first-order valence-corrected chi connectivity index (χ1v) is 13.4. The Kier molecular flexibility index (Phi) is 9.02. The summed E-state index contributed by atoms with van der Waals surface area (Å²) in [5, 5.41) is 0. The maximum atomic E-state index is 4.30. The lowest BCUT2D eigenvalue weighted by molar-refractivity contribution is 0.0733. The normalized spacial score (nSPS) is 22.9. The van der Waals surface area contributed by atoms with Crippen LogP contribution in [0.1, 0.15) is 78.6 Å². The lowest BCUT2D eigenvalue weighted by Crippen LogP contribution is -2.47. The highest BCUT2D eigenvalue weighted by atomic mass is 15.2. The molecule has 0 spiro atoms. The molecule has 0 radical (unpaired) electrons. The van der Waals surface area contributed by atoms with E-state index in [4.69, 9.17) is 0 Å². The van der Waals surface area contributed by atoms with E-state index in [-0.39, 0.29) is 0 Å². The van der Waals surface area contributed by atoms with Crippen LogP contribution in [0.3, 0.4) is 0 Å². The lowest BCUT2D eigenvalue weighted by Gasteiger charge is -2.41. The van der Waals surface area contributed by atoms with Gasteiger partial charge in [0.2, 0.25) is 0 Å². The Bertz CT molecular complexity index is 796. The van der Waals surface area contributed by atoms with E-state index in [1.54, 1.807) is 0 Å². The minimum atomic E-state index is 0.309. The van der Waals surface area contributed by atoms with Crippen molar-refractivity contribution in [1.29, 1.82) is 0 Å². The number of likely N-dealkylation sites (tertiary alicyclic amines) is 2. The highest BCUT2D eigenvalue weighted by Gasteiger charge is 2.28. The zero-order chi connectivity index (χ0) is 24.9. The topological polar surface area (TPSA) is 42.1 Å². The van der Waals surface area contributed by atoms with Gasteiger partial charge in [0, 0.05) is 49.7 Å². The zero-order valence-electron chi connectivity index (χ0n) is 23.2. The van der Waals surface area contributed by atoms with Crippen LogP contribution >= 0.6 is 0 Å². The third kappa shape index (κ3) is 8.23. The maximum Gasteiger partial charge on any atom is 0.0949 e. The Labute approximate surface area is 208 Å². The second kappa shape index (κ2) is 11.4. The van der Waals surface area contributed by atoms with E-state index in [2.05, 4.69) is 96.7 Å². The van der Waals surface area contributed by atoms with Gasteiger partial charge in [0.1, 0.15) is 0 Å². The molecule has 192 valence electrons. The summed E-state index contributed by atoms with van der Waals surface area (Å²) < 4.78 is 4.48. The third-order valence-electron chi connectivity index (χ3n) is 7.40. The molecule has 0 aliphatic carbocycles. The van der Waals surface area contributed by atoms with Gasteiger partial charge >= 0.3 is 0 Å². The van der Waals surface area contributed by atoms with Crippen LogP contribution in [0.2, 0.25) is 0 Å². The molecule has 0 unspecified atom stereocenters. The van der Waals surface area contributed by atoms with Gasteiger partial charge in [-0.15, -0.1) is 0 Å². The molecule has 2 aliphatic rings. The maximum absolute atomic E-state index is 4.30. The van der Waals surface area contributed by atoms with Crippen molar-refractivity contribution in [3.8, 4) is 0 Å². The van der Waals surface area contributed by atoms with Crippen molar-refractivity contribution in [2.75, 3.05) is 26.2 Å². The number of hydrogen-bond donors (Lipinski definition) is 0. The van der Waals surface area contributed by atoms with Crippen molar-refractivity contribution in [2.45, 2.75) is 105 Å². The Balaban J connectivity index is 0.000000191. The van der Waals surface area contributed by atoms with Gasteiger partial charge in [0.05, 0.1) is 24.0 Å². The van der Waals surface area contributed by atoms with Crippen molar-refractivity contribution in [3.05, 3.63) is 36.4 Å². The van der Waals surface area contributed by atoms with Crippen molar-refractivity contribution >= 4 is 0 Å². The summed E-state index contributed by atoms with van der Waals surface area (Å²) in [6.07, 6.45) is 13.6. The van der Waals surface area contributed by atoms with Gasteiger partial charge in [-0.1, -0.05) is 0 Å². The summed E-state index contributed by atoms with van der Waals surface area (Å²) in [5.74, 6) is 1.55. The molecule has 6 nitrogen and oxygen atoms in total. The van der Waals surface area contributed by atoms with E-state index in [1.165, 1.54) is 51.9 Å². The highest BCUT2D eigenvalue weighted by molar-refractivity contribution is 4.94. The second-order valence-electron chi connectivity index (χ2n) is 12.7. The van der Waals surface area contributed by atoms with Crippen molar-refractivity contribution < 1.29 is 0 Å². The highest BCUT2D eigenvalue weighted by Crippen LogP contribution is 2.25. The number of aryl methyl sites for hydroxylation is 2.